The number of thioether (sulfide) groups is 1. The van der Waals surface area contributed by atoms with Gasteiger partial charge in [-0.1, -0.05) is 6.58 Å². The van der Waals surface area contributed by atoms with Gasteiger partial charge < -0.3 is 14.3 Å². The van der Waals surface area contributed by atoms with Gasteiger partial charge in [-0.15, -0.1) is 11.8 Å². The van der Waals surface area contributed by atoms with Crippen molar-refractivity contribution in [1.82, 2.24) is 0 Å². The molecule has 6 atom stereocenters. The molecule has 0 radical (unpaired) electrons. The van der Waals surface area contributed by atoms with E-state index in [4.69, 9.17) is 9.47 Å². The molecule has 6 unspecified atom stereocenters. The highest BCUT2D eigenvalue weighted by atomic mass is 32.2. The van der Waals surface area contributed by atoms with E-state index in [1.165, 1.54) is 11.8 Å². The van der Waals surface area contributed by atoms with Crippen molar-refractivity contribution in [2.75, 3.05) is 0 Å². The highest BCUT2D eigenvalue weighted by molar-refractivity contribution is 8.01. The molecule has 0 aliphatic carbocycles. The van der Waals surface area contributed by atoms with Gasteiger partial charge in [0.05, 0.1) is 16.4 Å². The second-order valence-corrected chi connectivity index (χ2v) is 5.67. The molecule has 3 rings (SSSR count). The number of aldehydes is 1. The van der Waals surface area contributed by atoms with Crippen molar-refractivity contribution in [3.63, 3.8) is 0 Å². The summed E-state index contributed by atoms with van der Waals surface area (Å²) in [5, 5.41) is -0.215. The lowest BCUT2D eigenvalue weighted by Gasteiger charge is -2.26. The summed E-state index contributed by atoms with van der Waals surface area (Å²) in [4.78, 5) is 33.9. The molecule has 3 heterocycles. The molecule has 0 aromatic heterocycles. The Morgan fingerprint density at radius 2 is 2.24 bits per heavy atom. The van der Waals surface area contributed by atoms with Crippen LogP contribution >= 0.6 is 11.8 Å². The molecule has 3 aliphatic rings. The Hall–Kier alpha value is -1.30. The Labute approximate surface area is 102 Å². The zero-order valence-electron chi connectivity index (χ0n) is 8.78. The maximum atomic E-state index is 11.6. The van der Waals surface area contributed by atoms with Gasteiger partial charge in [0, 0.05) is 12.0 Å². The van der Waals surface area contributed by atoms with E-state index < -0.39 is 24.1 Å². The molecule has 3 saturated heterocycles. The van der Waals surface area contributed by atoms with Crippen LogP contribution in [0, 0.1) is 11.8 Å². The zero-order valence-corrected chi connectivity index (χ0v) is 9.59. The largest absolute Gasteiger partial charge is 0.457 e. The molecule has 6 heteroatoms. The summed E-state index contributed by atoms with van der Waals surface area (Å²) in [6.45, 7) is 3.32. The van der Waals surface area contributed by atoms with Crippen LogP contribution < -0.4 is 0 Å². The number of ether oxygens (including phenoxy) is 2. The summed E-state index contributed by atoms with van der Waals surface area (Å²) in [7, 11) is 0. The van der Waals surface area contributed by atoms with Crippen molar-refractivity contribution in [3.8, 4) is 0 Å². The van der Waals surface area contributed by atoms with Crippen LogP contribution in [0.1, 0.15) is 0 Å². The van der Waals surface area contributed by atoms with E-state index in [2.05, 4.69) is 6.58 Å². The molecule has 0 aromatic rings. The van der Waals surface area contributed by atoms with Gasteiger partial charge in [0.2, 0.25) is 0 Å². The molecule has 0 amide bonds. The summed E-state index contributed by atoms with van der Waals surface area (Å²) in [5.41, 5.74) is 0. The number of carbonyl (C=O) groups excluding carboxylic acids is 3. The third-order valence-corrected chi connectivity index (χ3v) is 5.31. The first-order valence-electron chi connectivity index (χ1n) is 5.31. The van der Waals surface area contributed by atoms with Crippen LogP contribution in [0.5, 0.6) is 0 Å². The third kappa shape index (κ3) is 1.30. The molecule has 0 spiro atoms. The van der Waals surface area contributed by atoms with Crippen LogP contribution in [0.15, 0.2) is 12.7 Å². The number of rotatable bonds is 3. The maximum Gasteiger partial charge on any atom is 0.330 e. The van der Waals surface area contributed by atoms with Crippen LogP contribution in [0.2, 0.25) is 0 Å². The highest BCUT2D eigenvalue weighted by Crippen LogP contribution is 2.58. The Bertz CT molecular complexity index is 420. The SMILES string of the molecule is C=CC(=O)OC1C2OC(=O)C3C(C=O)C1SC23. The predicted octanol–water partition coefficient (Wildman–Crippen LogP) is -0.0615. The van der Waals surface area contributed by atoms with Gasteiger partial charge in [-0.2, -0.15) is 0 Å². The minimum Gasteiger partial charge on any atom is -0.457 e. The van der Waals surface area contributed by atoms with E-state index >= 15 is 0 Å². The number of esters is 2. The number of fused-ring (bicyclic) bond motifs is 1. The zero-order chi connectivity index (χ0) is 12.2. The van der Waals surface area contributed by atoms with E-state index in [1.54, 1.807) is 0 Å². The lowest BCUT2D eigenvalue weighted by atomic mass is 9.79. The van der Waals surface area contributed by atoms with Crippen LogP contribution in [0.4, 0.5) is 0 Å². The van der Waals surface area contributed by atoms with Gasteiger partial charge in [0.25, 0.3) is 0 Å². The molecule has 3 aliphatic heterocycles. The molecule has 17 heavy (non-hydrogen) atoms. The lowest BCUT2D eigenvalue weighted by molar-refractivity contribution is -0.155. The smallest absolute Gasteiger partial charge is 0.330 e. The van der Waals surface area contributed by atoms with Gasteiger partial charge >= 0.3 is 11.9 Å². The topological polar surface area (TPSA) is 69.7 Å². The van der Waals surface area contributed by atoms with Crippen LogP contribution in [0.25, 0.3) is 0 Å². The van der Waals surface area contributed by atoms with Crippen molar-refractivity contribution >= 4 is 30.0 Å². The fourth-order valence-corrected chi connectivity index (χ4v) is 4.82. The number of hydrogen-bond donors (Lipinski definition) is 0. The minimum atomic E-state index is -0.549. The average Bonchev–Trinajstić information content (AvgIpc) is 2.91. The molecule has 0 saturated carbocycles. The van der Waals surface area contributed by atoms with Gasteiger partial charge in [0.1, 0.15) is 6.29 Å². The molecular formula is C11H10O5S. The quantitative estimate of drug-likeness (QED) is 0.399. The monoisotopic (exact) mass is 254 g/mol. The van der Waals surface area contributed by atoms with E-state index in [-0.39, 0.29) is 22.4 Å². The van der Waals surface area contributed by atoms with Crippen LogP contribution in [-0.4, -0.2) is 40.9 Å². The normalized spacial score (nSPS) is 45.5. The predicted molar refractivity (Wildman–Crippen MR) is 58.2 cm³/mol. The molecular weight excluding hydrogens is 244 g/mol. The van der Waals surface area contributed by atoms with Crippen molar-refractivity contribution in [2.45, 2.75) is 22.7 Å². The Balaban J connectivity index is 1.89. The highest BCUT2D eigenvalue weighted by Gasteiger charge is 2.68. The fraction of sp³-hybridized carbons (Fsp3) is 0.545. The first-order valence-corrected chi connectivity index (χ1v) is 6.26. The van der Waals surface area contributed by atoms with E-state index in [9.17, 15) is 14.4 Å². The minimum absolute atomic E-state index is 0.0506. The Kier molecular flexibility index (Phi) is 2.29. The van der Waals surface area contributed by atoms with Crippen molar-refractivity contribution in [3.05, 3.63) is 12.7 Å². The fourth-order valence-electron chi connectivity index (χ4n) is 2.85. The van der Waals surface area contributed by atoms with Crippen LogP contribution in [-0.2, 0) is 23.9 Å². The second-order valence-electron chi connectivity index (χ2n) is 4.31. The van der Waals surface area contributed by atoms with Crippen molar-refractivity contribution in [2.24, 2.45) is 11.8 Å². The maximum absolute atomic E-state index is 11.6. The molecule has 0 aromatic carbocycles. The van der Waals surface area contributed by atoms with E-state index in [0.29, 0.717) is 0 Å². The van der Waals surface area contributed by atoms with Gasteiger partial charge in [-0.25, -0.2) is 4.79 Å². The summed E-state index contributed by atoms with van der Waals surface area (Å²) in [6.07, 6.45) is 0.928. The summed E-state index contributed by atoms with van der Waals surface area (Å²) in [6, 6.07) is 0. The summed E-state index contributed by atoms with van der Waals surface area (Å²) in [5.74, 6) is -1.65. The molecule has 0 N–H and O–H groups in total. The van der Waals surface area contributed by atoms with Gasteiger partial charge in [-0.05, 0) is 0 Å². The molecule has 2 bridgehead atoms. The van der Waals surface area contributed by atoms with E-state index in [1.807, 2.05) is 0 Å². The average molecular weight is 254 g/mol. The van der Waals surface area contributed by atoms with Gasteiger partial charge in [0.15, 0.2) is 12.2 Å². The molecule has 90 valence electrons. The number of hydrogen-bond acceptors (Lipinski definition) is 6. The summed E-state index contributed by atoms with van der Waals surface area (Å²) < 4.78 is 10.4. The van der Waals surface area contributed by atoms with Crippen molar-refractivity contribution in [1.29, 1.82) is 0 Å². The third-order valence-electron chi connectivity index (χ3n) is 3.53. The number of carbonyl (C=O) groups is 3. The molecule has 3 fully saturated rings. The van der Waals surface area contributed by atoms with Crippen molar-refractivity contribution < 1.29 is 23.9 Å². The second kappa shape index (κ2) is 3.60. The standard InChI is InChI=1S/C11H10O5S/c1-2-5(13)15-7-8-10-6(11(14)16-8)4(3-12)9(7)17-10/h2-4,6-10H,1H2. The first kappa shape index (κ1) is 10.8. The first-order chi connectivity index (χ1) is 8.17. The van der Waals surface area contributed by atoms with E-state index in [0.717, 1.165) is 12.4 Å². The Morgan fingerprint density at radius 3 is 2.88 bits per heavy atom. The lowest BCUT2D eigenvalue weighted by Crippen LogP contribution is -2.45. The van der Waals surface area contributed by atoms with Crippen LogP contribution in [0.3, 0.4) is 0 Å². The molecule has 5 nitrogen and oxygen atoms in total. The summed E-state index contributed by atoms with van der Waals surface area (Å²) >= 11 is 1.52. The van der Waals surface area contributed by atoms with Gasteiger partial charge in [-0.3, -0.25) is 4.79 Å². The Morgan fingerprint density at radius 1 is 1.47 bits per heavy atom.